The summed E-state index contributed by atoms with van der Waals surface area (Å²) in [5.74, 6) is 0.817. The van der Waals surface area contributed by atoms with Gasteiger partial charge in [0.2, 0.25) is 5.91 Å². The van der Waals surface area contributed by atoms with Crippen molar-refractivity contribution in [2.45, 2.75) is 116 Å². The second-order valence-corrected chi connectivity index (χ2v) is 20.2. The first-order valence-corrected chi connectivity index (χ1v) is 24.7. The van der Waals surface area contributed by atoms with E-state index in [9.17, 15) is 59.4 Å². The number of rotatable bonds is 19. The number of halogens is 10. The summed E-state index contributed by atoms with van der Waals surface area (Å²) in [6, 6.07) is 5.31. The van der Waals surface area contributed by atoms with Crippen molar-refractivity contribution in [3.05, 3.63) is 101 Å². The van der Waals surface area contributed by atoms with Crippen molar-refractivity contribution in [3.8, 4) is 23.0 Å². The van der Waals surface area contributed by atoms with E-state index in [0.717, 1.165) is 64.9 Å². The molecule has 0 spiro atoms. The molecule has 5 N–H and O–H groups in total. The van der Waals surface area contributed by atoms with E-state index in [-0.39, 0.29) is 21.4 Å². The van der Waals surface area contributed by atoms with Gasteiger partial charge in [-0.05, 0) is 101 Å². The number of benzene rings is 2. The Labute approximate surface area is 448 Å². The number of carbonyl (C=O) groups is 4. The lowest BCUT2D eigenvalue weighted by Crippen LogP contribution is -2.63. The number of pyridine rings is 1. The Morgan fingerprint density at radius 3 is 1.78 bits per heavy atom. The number of likely N-dealkylation sites (N-methyl/N-ethyl adjacent to an activating group) is 1. The Hall–Kier alpha value is -7.18. The molecule has 430 valence electrons. The van der Waals surface area contributed by atoms with Crippen molar-refractivity contribution in [1.82, 2.24) is 46.0 Å². The van der Waals surface area contributed by atoms with Gasteiger partial charge in [-0.15, -0.1) is 0 Å². The fourth-order valence-corrected chi connectivity index (χ4v) is 9.27. The van der Waals surface area contributed by atoms with Gasteiger partial charge in [0.1, 0.15) is 29.5 Å². The predicted octanol–water partition coefficient (Wildman–Crippen LogP) is 7.24. The summed E-state index contributed by atoms with van der Waals surface area (Å²) in [6.45, 7) is 1.76. The number of hydrogen-bond donors (Lipinski definition) is 5. The van der Waals surface area contributed by atoms with Crippen LogP contribution in [-0.2, 0) is 32.0 Å². The number of nitrogens with zero attached hydrogens (tertiary/aromatic N) is 6. The third-order valence-electron chi connectivity index (χ3n) is 14.2. The number of amides is 4. The van der Waals surface area contributed by atoms with E-state index in [4.69, 9.17) is 0 Å². The van der Waals surface area contributed by atoms with Crippen molar-refractivity contribution in [2.75, 3.05) is 45.3 Å². The van der Waals surface area contributed by atoms with Crippen LogP contribution in [0.5, 0.6) is 0 Å². The number of carbonyl (C=O) groups excluding carboxylic acids is 4. The van der Waals surface area contributed by atoms with Gasteiger partial charge in [-0.3, -0.25) is 19.9 Å². The van der Waals surface area contributed by atoms with E-state index in [1.165, 1.54) is 12.1 Å². The molecule has 2 saturated heterocycles. The van der Waals surface area contributed by atoms with Crippen LogP contribution < -0.4 is 26.3 Å². The Morgan fingerprint density at radius 2 is 1.30 bits per heavy atom. The lowest BCUT2D eigenvalue weighted by molar-refractivity contribution is -0.221. The second kappa shape index (κ2) is 24.9. The minimum absolute atomic E-state index is 0.172. The molecule has 4 aromatic rings. The lowest BCUT2D eigenvalue weighted by Gasteiger charge is -2.41. The van der Waals surface area contributed by atoms with Crippen LogP contribution in [0.1, 0.15) is 76.3 Å². The molecule has 2 aromatic heterocycles. The van der Waals surface area contributed by atoms with Crippen LogP contribution in [-0.4, -0.2) is 143 Å². The van der Waals surface area contributed by atoms with Crippen molar-refractivity contribution in [1.29, 1.82) is 0 Å². The van der Waals surface area contributed by atoms with E-state index < -0.39 is 115 Å². The van der Waals surface area contributed by atoms with E-state index in [2.05, 4.69) is 53.4 Å². The first-order valence-electron chi connectivity index (χ1n) is 24.7. The number of hydrazine groups is 1. The number of aliphatic hydroxyl groups is 1. The fraction of sp³-hybridized carbons (Fsp3) is 0.500. The van der Waals surface area contributed by atoms with Gasteiger partial charge in [0.25, 0.3) is 5.91 Å². The predicted molar refractivity (Wildman–Crippen MR) is 265 cm³/mol. The molecule has 2 aliphatic rings. The molecular formula is C52H60F10N10O7. The number of anilines is 1. The zero-order chi connectivity index (χ0) is 58.4. The van der Waals surface area contributed by atoms with Crippen LogP contribution in [0.15, 0.2) is 67.1 Å². The van der Waals surface area contributed by atoms with Gasteiger partial charge in [0, 0.05) is 72.9 Å². The monoisotopic (exact) mass is 1130 g/mol. The summed E-state index contributed by atoms with van der Waals surface area (Å²) in [6.07, 6.45) is -10.4. The standard InChI is InChI=1S/C52H60F10N10O7/c1-8-71-34-16-17-35(71)26-69(25-34)41-18-15-31(22-63-41)14-11-29-9-12-30(13-10-29)19-39(65-44(74)42(66-47(76)78-6)49(2,3)51(57,58)59)40(73)28-70(68-45(75)43(67-48(77)79-7)50(4,5)52(60,61)62)27-36-37(53)20-32(21-38(36)54)33-23-64-72(24-33)46(55)56/h9-10,12-13,15,18,20-24,34-35,39-40,42-43,46,73H,8,16-17,19,25-28H2,1-7H3,(H,65,74)(H,66,76)(H,67,77)(H,68,75)/t34?,35?,39-,40-,42+,43+/m0/s1. The molecule has 79 heavy (non-hydrogen) atoms. The first kappa shape index (κ1) is 61.0. The molecule has 4 amide bonds. The Bertz CT molecular complexity index is 2820. The molecule has 2 aliphatic heterocycles. The van der Waals surface area contributed by atoms with Gasteiger partial charge in [-0.1, -0.05) is 30.9 Å². The highest BCUT2D eigenvalue weighted by atomic mass is 19.4. The summed E-state index contributed by atoms with van der Waals surface area (Å²) >= 11 is 0. The lowest BCUT2D eigenvalue weighted by atomic mass is 9.82. The maximum atomic E-state index is 16.0. The van der Waals surface area contributed by atoms with E-state index >= 15 is 8.78 Å². The summed E-state index contributed by atoms with van der Waals surface area (Å²) in [7, 11) is 1.61. The zero-order valence-electron chi connectivity index (χ0n) is 43.9. The third-order valence-corrected chi connectivity index (χ3v) is 14.2. The van der Waals surface area contributed by atoms with Crippen LogP contribution in [0, 0.1) is 34.3 Å². The summed E-state index contributed by atoms with van der Waals surface area (Å²) in [5, 5.41) is 21.9. The molecule has 0 radical (unpaired) electrons. The minimum atomic E-state index is -5.23. The average molecular weight is 1130 g/mol. The molecule has 2 fully saturated rings. The van der Waals surface area contributed by atoms with Gasteiger partial charge in [-0.25, -0.2) is 33.0 Å². The maximum absolute atomic E-state index is 16.0. The number of aliphatic hydroxyl groups excluding tert-OH is 1. The molecule has 6 atom stereocenters. The van der Waals surface area contributed by atoms with Gasteiger partial charge in [0.15, 0.2) is 0 Å². The number of piperazine rings is 1. The Balaban J connectivity index is 1.33. The fourth-order valence-electron chi connectivity index (χ4n) is 9.27. The van der Waals surface area contributed by atoms with Crippen LogP contribution >= 0.6 is 0 Å². The van der Waals surface area contributed by atoms with Gasteiger partial charge < -0.3 is 35.4 Å². The Kier molecular flexibility index (Phi) is 19.2. The van der Waals surface area contributed by atoms with Crippen LogP contribution in [0.3, 0.4) is 0 Å². The van der Waals surface area contributed by atoms with E-state index in [0.29, 0.717) is 68.0 Å². The van der Waals surface area contributed by atoms with Crippen molar-refractivity contribution in [3.63, 3.8) is 0 Å². The number of methoxy groups -OCH3 is 2. The van der Waals surface area contributed by atoms with Crippen LogP contribution in [0.4, 0.5) is 59.3 Å². The molecule has 6 rings (SSSR count). The molecule has 2 unspecified atom stereocenters. The highest BCUT2D eigenvalue weighted by molar-refractivity contribution is 5.87. The topological polar surface area (TPSA) is 196 Å². The molecule has 27 heteroatoms. The average Bonchev–Trinajstić information content (AvgIpc) is 3.99. The SMILES string of the molecule is CCN1C2CCC1CN(c1ccc(C#Cc3ccc(C[C@H](NC(=O)[C@@H](NC(=O)OC)C(C)(C)C(F)(F)F)[C@@H](O)CN(Cc4c(F)cc(-c5cnn(C(F)F)c5)cc4F)NC(=O)[C@@H](NC(=O)OC)C(C)(C)C(F)(F)F)cc3)cn1)C2. The van der Waals surface area contributed by atoms with Crippen molar-refractivity contribution >= 4 is 29.8 Å². The largest absolute Gasteiger partial charge is 0.453 e. The maximum Gasteiger partial charge on any atom is 0.407 e. The van der Waals surface area contributed by atoms with Crippen LogP contribution in [0.2, 0.25) is 0 Å². The molecule has 2 aromatic carbocycles. The van der Waals surface area contributed by atoms with Gasteiger partial charge in [-0.2, -0.15) is 40.2 Å². The molecule has 17 nitrogen and oxygen atoms in total. The summed E-state index contributed by atoms with van der Waals surface area (Å²) in [5.41, 5.74) is -4.19. The normalized spacial score (nSPS) is 17.5. The highest BCUT2D eigenvalue weighted by Gasteiger charge is 2.57. The molecule has 2 bridgehead atoms. The van der Waals surface area contributed by atoms with Crippen molar-refractivity contribution in [2.24, 2.45) is 10.8 Å². The number of aromatic nitrogens is 3. The number of hydrogen-bond acceptors (Lipinski definition) is 12. The van der Waals surface area contributed by atoms with E-state index in [1.807, 2.05) is 22.9 Å². The number of ether oxygens (including phenoxy) is 2. The quantitative estimate of drug-likeness (QED) is 0.0360. The van der Waals surface area contributed by atoms with Crippen LogP contribution in [0.25, 0.3) is 11.1 Å². The van der Waals surface area contributed by atoms with E-state index in [1.54, 1.807) is 23.6 Å². The van der Waals surface area contributed by atoms with Gasteiger partial charge in [0.05, 0.1) is 43.4 Å². The first-order chi connectivity index (χ1) is 37.0. The molecule has 4 heterocycles. The number of alkyl halides is 8. The summed E-state index contributed by atoms with van der Waals surface area (Å²) < 4.78 is 155. The smallest absolute Gasteiger partial charge is 0.407 e. The summed E-state index contributed by atoms with van der Waals surface area (Å²) in [4.78, 5) is 62.2. The minimum Gasteiger partial charge on any atom is -0.453 e. The van der Waals surface area contributed by atoms with Gasteiger partial charge >= 0.3 is 31.1 Å². The second-order valence-electron chi connectivity index (χ2n) is 20.2. The third kappa shape index (κ3) is 14.6. The molecule has 0 saturated carbocycles. The molecular weight excluding hydrogens is 1070 g/mol. The molecule has 0 aliphatic carbocycles. The Morgan fingerprint density at radius 1 is 0.772 bits per heavy atom. The zero-order valence-corrected chi connectivity index (χ0v) is 43.9. The van der Waals surface area contributed by atoms with Crippen molar-refractivity contribution < 1.29 is 77.7 Å². The number of fused-ring (bicyclic) bond motifs is 2. The number of nitrogens with one attached hydrogen (secondary N) is 4. The highest BCUT2D eigenvalue weighted by Crippen LogP contribution is 2.42. The number of alkyl carbamates (subject to hydrolysis) is 2.